The molecule has 1 amide bonds. The number of nitrogens with zero attached hydrogens (tertiary/aromatic N) is 1. The summed E-state index contributed by atoms with van der Waals surface area (Å²) in [6, 6.07) is 10.6. The third-order valence-corrected chi connectivity index (χ3v) is 5.79. The molecule has 5 nitrogen and oxygen atoms in total. The van der Waals surface area contributed by atoms with Gasteiger partial charge in [0.15, 0.2) is 0 Å². The lowest BCUT2D eigenvalue weighted by molar-refractivity contribution is -0.119. The van der Waals surface area contributed by atoms with E-state index in [0.29, 0.717) is 18.9 Å². The highest BCUT2D eigenvalue weighted by Gasteiger charge is 2.30. The maximum absolute atomic E-state index is 11.6. The number of hydrogen-bond acceptors (Lipinski definition) is 3. The monoisotopic (exact) mass is 361 g/mol. The summed E-state index contributed by atoms with van der Waals surface area (Å²) in [6.45, 7) is 2.47. The highest BCUT2D eigenvalue weighted by atomic mass is 16.3. The van der Waals surface area contributed by atoms with Gasteiger partial charge in [-0.25, -0.2) is 4.98 Å². The molecule has 138 valence electrons. The molecule has 3 aromatic rings. The van der Waals surface area contributed by atoms with Crippen LogP contribution in [0.25, 0.3) is 22.2 Å². The summed E-state index contributed by atoms with van der Waals surface area (Å²) >= 11 is 0. The van der Waals surface area contributed by atoms with Gasteiger partial charge in [0.25, 0.3) is 0 Å². The molecule has 27 heavy (non-hydrogen) atoms. The number of carbonyl (C=O) groups excluding carboxylic acids is 1. The van der Waals surface area contributed by atoms with Crippen molar-refractivity contribution < 1.29 is 9.90 Å². The van der Waals surface area contributed by atoms with E-state index < -0.39 is 6.10 Å². The number of aromatic amines is 1. The molecule has 2 unspecified atom stereocenters. The fourth-order valence-corrected chi connectivity index (χ4v) is 4.11. The van der Waals surface area contributed by atoms with E-state index in [1.165, 1.54) is 29.7 Å². The van der Waals surface area contributed by atoms with E-state index in [2.05, 4.69) is 45.6 Å². The van der Waals surface area contributed by atoms with Crippen LogP contribution in [-0.4, -0.2) is 27.5 Å². The van der Waals surface area contributed by atoms with Crippen LogP contribution < -0.4 is 5.32 Å². The molecule has 1 aliphatic carbocycles. The SMILES string of the molecule is CC(O)c1cnc2[nH]c(C3CC3)c(-c3cccc(C4CNC(=O)C4)c3)c2c1. The van der Waals surface area contributed by atoms with Crippen molar-refractivity contribution in [3.63, 3.8) is 0 Å². The van der Waals surface area contributed by atoms with E-state index in [0.717, 1.165) is 22.2 Å². The molecule has 0 radical (unpaired) electrons. The van der Waals surface area contributed by atoms with Crippen molar-refractivity contribution in [2.24, 2.45) is 0 Å². The van der Waals surface area contributed by atoms with Crippen LogP contribution in [0.1, 0.15) is 60.9 Å². The summed E-state index contributed by atoms with van der Waals surface area (Å²) in [6.07, 6.45) is 4.15. The fraction of sp³-hybridized carbons (Fsp3) is 0.364. The molecule has 0 spiro atoms. The average molecular weight is 361 g/mol. The Morgan fingerprint density at radius 2 is 2.07 bits per heavy atom. The smallest absolute Gasteiger partial charge is 0.220 e. The van der Waals surface area contributed by atoms with Crippen molar-refractivity contribution in [1.82, 2.24) is 15.3 Å². The molecule has 5 heteroatoms. The number of H-pyrrole nitrogens is 1. The summed E-state index contributed by atoms with van der Waals surface area (Å²) in [5.74, 6) is 0.919. The number of hydrogen-bond donors (Lipinski definition) is 3. The Bertz CT molecular complexity index is 1030. The quantitative estimate of drug-likeness (QED) is 0.662. The minimum atomic E-state index is -0.545. The predicted octanol–water partition coefficient (Wildman–Crippen LogP) is 3.76. The molecule has 3 heterocycles. The number of aliphatic hydroxyl groups is 1. The Balaban J connectivity index is 1.66. The zero-order valence-electron chi connectivity index (χ0n) is 15.3. The van der Waals surface area contributed by atoms with Crippen LogP contribution in [0.15, 0.2) is 36.5 Å². The van der Waals surface area contributed by atoms with E-state index in [1.807, 2.05) is 0 Å². The lowest BCUT2D eigenvalue weighted by Crippen LogP contribution is -2.13. The summed E-state index contributed by atoms with van der Waals surface area (Å²) in [5, 5.41) is 14.0. The molecular formula is C22H23N3O2. The molecule has 1 saturated heterocycles. The normalized spacial score (nSPS) is 20.8. The Hall–Kier alpha value is -2.66. The first kappa shape index (κ1) is 16.5. The number of nitrogens with one attached hydrogen (secondary N) is 2. The van der Waals surface area contributed by atoms with Gasteiger partial charge in [-0.15, -0.1) is 0 Å². The van der Waals surface area contributed by atoms with Gasteiger partial charge in [-0.05, 0) is 48.4 Å². The molecule has 2 fully saturated rings. The number of fused-ring (bicyclic) bond motifs is 1. The first-order chi connectivity index (χ1) is 13.1. The molecule has 2 aliphatic rings. The lowest BCUT2D eigenvalue weighted by atomic mass is 9.92. The number of carbonyl (C=O) groups is 1. The number of amides is 1. The Labute approximate surface area is 157 Å². The number of pyridine rings is 1. The first-order valence-corrected chi connectivity index (χ1v) is 9.66. The first-order valence-electron chi connectivity index (χ1n) is 9.66. The summed E-state index contributed by atoms with van der Waals surface area (Å²) in [5.41, 5.74) is 6.50. The highest BCUT2D eigenvalue weighted by Crippen LogP contribution is 2.47. The van der Waals surface area contributed by atoms with Crippen molar-refractivity contribution in [2.45, 2.75) is 44.1 Å². The summed E-state index contributed by atoms with van der Waals surface area (Å²) < 4.78 is 0. The second-order valence-corrected chi connectivity index (χ2v) is 7.86. The minimum absolute atomic E-state index is 0.127. The van der Waals surface area contributed by atoms with Crippen LogP contribution in [0.2, 0.25) is 0 Å². The van der Waals surface area contributed by atoms with Crippen molar-refractivity contribution in [2.75, 3.05) is 6.54 Å². The molecule has 0 bridgehead atoms. The summed E-state index contributed by atoms with van der Waals surface area (Å²) in [7, 11) is 0. The van der Waals surface area contributed by atoms with Gasteiger partial charge in [0.1, 0.15) is 5.65 Å². The molecule has 2 atom stereocenters. The van der Waals surface area contributed by atoms with Gasteiger partial charge in [0.2, 0.25) is 5.91 Å². The van der Waals surface area contributed by atoms with E-state index in [1.54, 1.807) is 13.1 Å². The van der Waals surface area contributed by atoms with E-state index in [9.17, 15) is 9.90 Å². The van der Waals surface area contributed by atoms with Gasteiger partial charge in [-0.3, -0.25) is 4.79 Å². The third kappa shape index (κ3) is 2.92. The van der Waals surface area contributed by atoms with E-state index >= 15 is 0 Å². The number of aliphatic hydroxyl groups excluding tert-OH is 1. The van der Waals surface area contributed by atoms with E-state index in [4.69, 9.17) is 0 Å². The van der Waals surface area contributed by atoms with Gasteiger partial charge in [0.05, 0.1) is 6.10 Å². The maximum atomic E-state index is 11.6. The van der Waals surface area contributed by atoms with Crippen molar-refractivity contribution in [1.29, 1.82) is 0 Å². The molecule has 1 aromatic carbocycles. The lowest BCUT2D eigenvalue weighted by Gasteiger charge is -2.11. The second-order valence-electron chi connectivity index (χ2n) is 7.86. The van der Waals surface area contributed by atoms with Crippen LogP contribution in [0.4, 0.5) is 0 Å². The van der Waals surface area contributed by atoms with Crippen LogP contribution in [0, 0.1) is 0 Å². The van der Waals surface area contributed by atoms with Gasteiger partial charge >= 0.3 is 0 Å². The Morgan fingerprint density at radius 3 is 2.78 bits per heavy atom. The molecule has 5 rings (SSSR count). The van der Waals surface area contributed by atoms with Crippen molar-refractivity contribution in [3.8, 4) is 11.1 Å². The van der Waals surface area contributed by atoms with Crippen LogP contribution in [0.3, 0.4) is 0 Å². The number of rotatable bonds is 4. The number of aromatic nitrogens is 2. The summed E-state index contributed by atoms with van der Waals surface area (Å²) in [4.78, 5) is 19.7. The maximum Gasteiger partial charge on any atom is 0.220 e. The van der Waals surface area contributed by atoms with Crippen molar-refractivity contribution >= 4 is 16.9 Å². The fourth-order valence-electron chi connectivity index (χ4n) is 4.11. The topological polar surface area (TPSA) is 78.0 Å². The highest BCUT2D eigenvalue weighted by molar-refractivity contribution is 5.96. The molecule has 1 saturated carbocycles. The molecule has 2 aromatic heterocycles. The Morgan fingerprint density at radius 1 is 1.22 bits per heavy atom. The van der Waals surface area contributed by atoms with Gasteiger partial charge < -0.3 is 15.4 Å². The standard InChI is InChI=1S/C22H23N3O2/c1-12(26)16-8-18-20(21(13-5-6-13)25-22(18)24-10-16)15-4-2-3-14(7-15)17-9-19(27)23-11-17/h2-4,7-8,10,12-13,17,26H,5-6,9,11H2,1H3,(H,23,27)(H,24,25). The van der Waals surface area contributed by atoms with Crippen LogP contribution in [-0.2, 0) is 4.79 Å². The van der Waals surface area contributed by atoms with Gasteiger partial charge in [-0.2, -0.15) is 0 Å². The second kappa shape index (κ2) is 6.20. The minimum Gasteiger partial charge on any atom is -0.389 e. The average Bonchev–Trinajstić information content (AvgIpc) is 3.31. The largest absolute Gasteiger partial charge is 0.389 e. The Kier molecular flexibility index (Phi) is 3.79. The predicted molar refractivity (Wildman–Crippen MR) is 105 cm³/mol. The van der Waals surface area contributed by atoms with Crippen LogP contribution >= 0.6 is 0 Å². The zero-order chi connectivity index (χ0) is 18.5. The molecular weight excluding hydrogens is 338 g/mol. The van der Waals surface area contributed by atoms with Crippen molar-refractivity contribution in [3.05, 3.63) is 53.3 Å². The van der Waals surface area contributed by atoms with Gasteiger partial charge in [0, 0.05) is 41.7 Å². The van der Waals surface area contributed by atoms with Crippen LogP contribution in [0.5, 0.6) is 0 Å². The zero-order valence-corrected chi connectivity index (χ0v) is 15.3. The number of benzene rings is 1. The third-order valence-electron chi connectivity index (χ3n) is 5.79. The van der Waals surface area contributed by atoms with Gasteiger partial charge in [-0.1, -0.05) is 24.3 Å². The molecule has 1 aliphatic heterocycles. The molecule has 3 N–H and O–H groups in total. The van der Waals surface area contributed by atoms with E-state index in [-0.39, 0.29) is 11.8 Å².